The second kappa shape index (κ2) is 4.73. The molecule has 1 fully saturated rings. The summed E-state index contributed by atoms with van der Waals surface area (Å²) in [6, 6.07) is 0. The lowest BCUT2D eigenvalue weighted by Gasteiger charge is -2.29. The van der Waals surface area contributed by atoms with E-state index < -0.39 is 0 Å². The summed E-state index contributed by atoms with van der Waals surface area (Å²) < 4.78 is 0. The van der Waals surface area contributed by atoms with Crippen molar-refractivity contribution in [3.8, 4) is 0 Å². The van der Waals surface area contributed by atoms with E-state index in [-0.39, 0.29) is 5.41 Å². The minimum atomic E-state index is 0.0321. The first-order valence-electron chi connectivity index (χ1n) is 6.88. The van der Waals surface area contributed by atoms with Gasteiger partial charge < -0.3 is 0 Å². The largest absolute Gasteiger partial charge is 0.294 e. The Labute approximate surface area is 99.3 Å². The molecule has 0 unspecified atom stereocenters. The molecule has 1 heteroatoms. The van der Waals surface area contributed by atoms with Crippen molar-refractivity contribution in [3.63, 3.8) is 0 Å². The van der Waals surface area contributed by atoms with Gasteiger partial charge in [0.25, 0.3) is 0 Å². The van der Waals surface area contributed by atoms with Gasteiger partial charge >= 0.3 is 0 Å². The number of Topliss-reactive ketones (excluding diaryl/α,β-unsaturated/α-hetero) is 1. The van der Waals surface area contributed by atoms with Crippen LogP contribution in [0.15, 0.2) is 11.6 Å². The van der Waals surface area contributed by atoms with Crippen LogP contribution in [0, 0.1) is 11.3 Å². The molecular formula is C15H24O. The first-order valence-corrected chi connectivity index (χ1v) is 6.88. The van der Waals surface area contributed by atoms with Gasteiger partial charge in [0.05, 0.1) is 0 Å². The second-order valence-corrected chi connectivity index (χ2v) is 6.04. The van der Waals surface area contributed by atoms with E-state index in [1.807, 2.05) is 0 Å². The summed E-state index contributed by atoms with van der Waals surface area (Å²) in [4.78, 5) is 12.6. The number of carbonyl (C=O) groups excluding carboxylic acids is 1. The molecule has 2 aliphatic carbocycles. The maximum absolute atomic E-state index is 12.6. The van der Waals surface area contributed by atoms with Crippen LogP contribution in [0.25, 0.3) is 0 Å². The van der Waals surface area contributed by atoms with Crippen molar-refractivity contribution in [3.05, 3.63) is 11.6 Å². The van der Waals surface area contributed by atoms with Crippen molar-refractivity contribution in [2.24, 2.45) is 11.3 Å². The highest BCUT2D eigenvalue weighted by Crippen LogP contribution is 2.46. The van der Waals surface area contributed by atoms with Crippen LogP contribution < -0.4 is 0 Å². The lowest BCUT2D eigenvalue weighted by Crippen LogP contribution is -2.30. The molecular weight excluding hydrogens is 196 g/mol. The minimum absolute atomic E-state index is 0.0321. The number of hydrogen-bond acceptors (Lipinski definition) is 1. The number of carbonyl (C=O) groups is 1. The molecule has 1 saturated carbocycles. The van der Waals surface area contributed by atoms with E-state index in [1.54, 1.807) is 0 Å². The van der Waals surface area contributed by atoms with Crippen molar-refractivity contribution < 1.29 is 4.79 Å². The minimum Gasteiger partial charge on any atom is -0.294 e. The Hall–Kier alpha value is -0.590. The second-order valence-electron chi connectivity index (χ2n) is 6.04. The van der Waals surface area contributed by atoms with Gasteiger partial charge in [-0.2, -0.15) is 0 Å². The molecule has 0 aliphatic heterocycles. The molecule has 0 spiro atoms. The molecule has 0 aromatic rings. The van der Waals surface area contributed by atoms with Gasteiger partial charge in [0.2, 0.25) is 0 Å². The van der Waals surface area contributed by atoms with Crippen LogP contribution in [0.3, 0.4) is 0 Å². The number of hydrogen-bond donors (Lipinski definition) is 0. The Morgan fingerprint density at radius 3 is 2.50 bits per heavy atom. The molecule has 0 saturated heterocycles. The van der Waals surface area contributed by atoms with Crippen molar-refractivity contribution in [1.82, 2.24) is 0 Å². The Morgan fingerprint density at radius 2 is 2.00 bits per heavy atom. The van der Waals surface area contributed by atoms with Crippen molar-refractivity contribution in [1.29, 1.82) is 0 Å². The Morgan fingerprint density at radius 1 is 1.31 bits per heavy atom. The van der Waals surface area contributed by atoms with Crippen molar-refractivity contribution >= 4 is 5.78 Å². The van der Waals surface area contributed by atoms with E-state index in [1.165, 1.54) is 19.3 Å². The molecule has 0 radical (unpaired) electrons. The lowest BCUT2D eigenvalue weighted by atomic mass is 9.73. The maximum Gasteiger partial charge on any atom is 0.164 e. The first kappa shape index (κ1) is 11.9. The predicted molar refractivity (Wildman–Crippen MR) is 67.3 cm³/mol. The zero-order valence-electron chi connectivity index (χ0n) is 10.7. The van der Waals surface area contributed by atoms with E-state index >= 15 is 0 Å². The van der Waals surface area contributed by atoms with Crippen LogP contribution >= 0.6 is 0 Å². The smallest absolute Gasteiger partial charge is 0.164 e. The van der Waals surface area contributed by atoms with Gasteiger partial charge in [0, 0.05) is 5.41 Å². The van der Waals surface area contributed by atoms with Gasteiger partial charge in [-0.3, -0.25) is 4.79 Å². The quantitative estimate of drug-likeness (QED) is 0.691. The summed E-state index contributed by atoms with van der Waals surface area (Å²) in [7, 11) is 0. The summed E-state index contributed by atoms with van der Waals surface area (Å²) in [6.07, 6.45) is 11.4. The van der Waals surface area contributed by atoms with Crippen LogP contribution in [0.1, 0.15) is 65.2 Å². The summed E-state index contributed by atoms with van der Waals surface area (Å²) in [5.41, 5.74) is 1.19. The SMILES string of the molecule is CC(C)CC1(C(=O)C2=CCCC2)CCCC1. The van der Waals surface area contributed by atoms with Gasteiger partial charge in [-0.05, 0) is 50.0 Å². The molecule has 0 bridgehead atoms. The number of allylic oxidation sites excluding steroid dienone is 2. The van der Waals surface area contributed by atoms with E-state index in [2.05, 4.69) is 19.9 Å². The number of ketones is 1. The summed E-state index contributed by atoms with van der Waals surface area (Å²) >= 11 is 0. The average molecular weight is 220 g/mol. The first-order chi connectivity index (χ1) is 7.64. The Balaban J connectivity index is 2.15. The third-order valence-electron chi connectivity index (χ3n) is 4.17. The van der Waals surface area contributed by atoms with Crippen molar-refractivity contribution in [2.75, 3.05) is 0 Å². The van der Waals surface area contributed by atoms with Crippen LogP contribution in [-0.4, -0.2) is 5.78 Å². The fourth-order valence-corrected chi connectivity index (χ4v) is 3.57. The molecule has 16 heavy (non-hydrogen) atoms. The highest BCUT2D eigenvalue weighted by atomic mass is 16.1. The third kappa shape index (κ3) is 2.23. The molecule has 1 nitrogen and oxygen atoms in total. The van der Waals surface area contributed by atoms with Gasteiger partial charge in [-0.15, -0.1) is 0 Å². The van der Waals surface area contributed by atoms with Gasteiger partial charge in [0.15, 0.2) is 5.78 Å². The monoisotopic (exact) mass is 220 g/mol. The van der Waals surface area contributed by atoms with E-state index in [0.717, 1.165) is 37.7 Å². The van der Waals surface area contributed by atoms with E-state index in [4.69, 9.17) is 0 Å². The number of rotatable bonds is 4. The van der Waals surface area contributed by atoms with Gasteiger partial charge in [-0.1, -0.05) is 32.8 Å². The third-order valence-corrected chi connectivity index (χ3v) is 4.17. The summed E-state index contributed by atoms with van der Waals surface area (Å²) in [5, 5.41) is 0. The zero-order valence-corrected chi connectivity index (χ0v) is 10.7. The zero-order chi connectivity index (χ0) is 11.6. The normalized spacial score (nSPS) is 23.8. The average Bonchev–Trinajstić information content (AvgIpc) is 2.85. The molecule has 0 atom stereocenters. The van der Waals surface area contributed by atoms with Crippen LogP contribution in [-0.2, 0) is 4.79 Å². The fraction of sp³-hybridized carbons (Fsp3) is 0.800. The fourth-order valence-electron chi connectivity index (χ4n) is 3.57. The topological polar surface area (TPSA) is 17.1 Å². The van der Waals surface area contributed by atoms with Crippen molar-refractivity contribution in [2.45, 2.75) is 65.2 Å². The Bertz CT molecular complexity index is 293. The van der Waals surface area contributed by atoms with E-state index in [9.17, 15) is 4.79 Å². The molecule has 2 aliphatic rings. The van der Waals surface area contributed by atoms with Crippen LogP contribution in [0.5, 0.6) is 0 Å². The maximum atomic E-state index is 12.6. The summed E-state index contributed by atoms with van der Waals surface area (Å²) in [6.45, 7) is 4.49. The van der Waals surface area contributed by atoms with E-state index in [0.29, 0.717) is 11.7 Å². The van der Waals surface area contributed by atoms with Gasteiger partial charge in [-0.25, -0.2) is 0 Å². The molecule has 0 amide bonds. The van der Waals surface area contributed by atoms with Gasteiger partial charge in [0.1, 0.15) is 0 Å². The highest BCUT2D eigenvalue weighted by molar-refractivity contribution is 6.00. The Kier molecular flexibility index (Phi) is 3.51. The molecule has 0 aromatic heterocycles. The molecule has 0 N–H and O–H groups in total. The predicted octanol–water partition coefficient (Wildman–Crippen LogP) is 4.27. The molecule has 0 aromatic carbocycles. The highest BCUT2D eigenvalue weighted by Gasteiger charge is 2.42. The summed E-state index contributed by atoms with van der Waals surface area (Å²) in [5.74, 6) is 1.15. The lowest BCUT2D eigenvalue weighted by molar-refractivity contribution is -0.125. The standard InChI is InChI=1S/C15H24O/c1-12(2)11-15(9-5-6-10-15)14(16)13-7-3-4-8-13/h7,12H,3-6,8-11H2,1-2H3. The molecule has 2 rings (SSSR count). The van der Waals surface area contributed by atoms with Crippen LogP contribution in [0.4, 0.5) is 0 Å². The molecule has 0 heterocycles. The molecule has 90 valence electrons. The van der Waals surface area contributed by atoms with Crippen LogP contribution in [0.2, 0.25) is 0 Å².